The van der Waals surface area contributed by atoms with Gasteiger partial charge in [0.25, 0.3) is 0 Å². The molecule has 0 atom stereocenters. The summed E-state index contributed by atoms with van der Waals surface area (Å²) in [6.07, 6.45) is 8.67. The van der Waals surface area contributed by atoms with Crippen LogP contribution < -0.4 is 10.1 Å². The van der Waals surface area contributed by atoms with Crippen molar-refractivity contribution in [3.63, 3.8) is 0 Å². The number of carbonyl (C=O) groups is 1. The van der Waals surface area contributed by atoms with Crippen LogP contribution in [-0.2, 0) is 0 Å². The number of nitrogens with one attached hydrogen (secondary N) is 1. The molecule has 0 aromatic carbocycles. The summed E-state index contributed by atoms with van der Waals surface area (Å²) in [6.45, 7) is 1.10. The number of thiophene rings is 1. The molecule has 0 aliphatic rings. The van der Waals surface area contributed by atoms with Crippen molar-refractivity contribution in [3.05, 3.63) is 54.3 Å². The van der Waals surface area contributed by atoms with E-state index in [0.29, 0.717) is 18.9 Å². The van der Waals surface area contributed by atoms with Gasteiger partial charge < -0.3 is 15.2 Å². The zero-order valence-electron chi connectivity index (χ0n) is 15.1. The molecule has 0 amide bonds. The van der Waals surface area contributed by atoms with Crippen LogP contribution >= 0.6 is 11.3 Å². The van der Waals surface area contributed by atoms with Crippen LogP contribution in [0.15, 0.2) is 48.6 Å². The number of rotatable bonds is 8. The van der Waals surface area contributed by atoms with Crippen LogP contribution in [0.5, 0.6) is 5.75 Å². The predicted octanol–water partition coefficient (Wildman–Crippen LogP) is 3.12. The summed E-state index contributed by atoms with van der Waals surface area (Å²) in [5.74, 6) is 0.206. The molecule has 0 fully saturated rings. The second-order valence-electron chi connectivity index (χ2n) is 5.96. The van der Waals surface area contributed by atoms with Gasteiger partial charge in [-0.05, 0) is 18.6 Å². The largest absolute Gasteiger partial charge is 0.492 e. The SMILES string of the molecule is O=C(O)c1ccc(OCCCNc2ncnc3scc(-c4cnccn4)c23)cn1. The highest BCUT2D eigenvalue weighted by Gasteiger charge is 2.13. The van der Waals surface area contributed by atoms with Crippen LogP contribution in [0.2, 0.25) is 0 Å². The summed E-state index contributed by atoms with van der Waals surface area (Å²) in [7, 11) is 0. The molecule has 2 N–H and O–H groups in total. The van der Waals surface area contributed by atoms with Crippen LogP contribution in [0.3, 0.4) is 0 Å². The zero-order valence-corrected chi connectivity index (χ0v) is 16.0. The van der Waals surface area contributed by atoms with Crippen molar-refractivity contribution >= 4 is 33.3 Å². The van der Waals surface area contributed by atoms with Gasteiger partial charge in [0.15, 0.2) is 0 Å². The summed E-state index contributed by atoms with van der Waals surface area (Å²) in [4.78, 5) is 32.7. The fourth-order valence-electron chi connectivity index (χ4n) is 2.70. The molecular formula is C19H16N6O3S. The van der Waals surface area contributed by atoms with Crippen molar-refractivity contribution < 1.29 is 14.6 Å². The number of aromatic nitrogens is 5. The van der Waals surface area contributed by atoms with E-state index in [1.54, 1.807) is 24.7 Å². The molecule has 0 aliphatic heterocycles. The summed E-state index contributed by atoms with van der Waals surface area (Å²) < 4.78 is 5.60. The van der Waals surface area contributed by atoms with E-state index in [9.17, 15) is 4.79 Å². The Bertz CT molecular complexity index is 1120. The number of fused-ring (bicyclic) bond motifs is 1. The standard InChI is InChI=1S/C19H16N6O3S/c26-19(27)14-3-2-12(8-23-14)28-7-1-4-22-17-16-13(15-9-20-5-6-21-15)10-29-18(16)25-11-24-17/h2-3,5-6,8-11H,1,4,7H2,(H,26,27)(H,22,24,25). The molecule has 0 spiro atoms. The van der Waals surface area contributed by atoms with Crippen LogP contribution in [0.1, 0.15) is 16.9 Å². The average molecular weight is 408 g/mol. The Kier molecular flexibility index (Phi) is 5.52. The molecule has 10 heteroatoms. The van der Waals surface area contributed by atoms with E-state index in [1.165, 1.54) is 29.9 Å². The fourth-order valence-corrected chi connectivity index (χ4v) is 3.60. The van der Waals surface area contributed by atoms with Crippen molar-refractivity contribution in [1.29, 1.82) is 0 Å². The summed E-state index contributed by atoms with van der Waals surface area (Å²) >= 11 is 1.53. The summed E-state index contributed by atoms with van der Waals surface area (Å²) in [6, 6.07) is 3.01. The maximum absolute atomic E-state index is 10.8. The van der Waals surface area contributed by atoms with Crippen molar-refractivity contribution in [3.8, 4) is 17.0 Å². The predicted molar refractivity (Wildman–Crippen MR) is 108 cm³/mol. The van der Waals surface area contributed by atoms with Gasteiger partial charge in [0, 0.05) is 29.9 Å². The molecule has 0 saturated carbocycles. The Labute approximate surface area is 169 Å². The molecule has 0 unspecified atom stereocenters. The lowest BCUT2D eigenvalue weighted by Gasteiger charge is -2.09. The third kappa shape index (κ3) is 4.27. The molecule has 4 rings (SSSR count). The van der Waals surface area contributed by atoms with Crippen molar-refractivity contribution in [2.24, 2.45) is 0 Å². The first kappa shape index (κ1) is 18.7. The molecule has 0 saturated heterocycles. The first-order valence-electron chi connectivity index (χ1n) is 8.77. The van der Waals surface area contributed by atoms with Gasteiger partial charge in [-0.2, -0.15) is 0 Å². The lowest BCUT2D eigenvalue weighted by molar-refractivity contribution is 0.0690. The third-order valence-electron chi connectivity index (χ3n) is 4.05. The molecular weight excluding hydrogens is 392 g/mol. The van der Waals surface area contributed by atoms with E-state index in [4.69, 9.17) is 9.84 Å². The number of carboxylic acids is 1. The molecule has 4 aromatic rings. The Balaban J connectivity index is 1.37. The normalized spacial score (nSPS) is 10.8. The number of nitrogens with zero attached hydrogens (tertiary/aromatic N) is 5. The van der Waals surface area contributed by atoms with E-state index < -0.39 is 5.97 Å². The minimum Gasteiger partial charge on any atom is -0.492 e. The highest BCUT2D eigenvalue weighted by molar-refractivity contribution is 7.17. The maximum atomic E-state index is 10.8. The van der Waals surface area contributed by atoms with E-state index in [1.807, 2.05) is 5.38 Å². The van der Waals surface area contributed by atoms with Gasteiger partial charge in [-0.25, -0.2) is 19.7 Å². The highest BCUT2D eigenvalue weighted by atomic mass is 32.1. The van der Waals surface area contributed by atoms with Crippen LogP contribution in [-0.4, -0.2) is 49.1 Å². The van der Waals surface area contributed by atoms with Gasteiger partial charge in [-0.3, -0.25) is 9.97 Å². The molecule has 4 aromatic heterocycles. The van der Waals surface area contributed by atoms with Gasteiger partial charge in [0.05, 0.1) is 30.1 Å². The number of anilines is 1. The second-order valence-corrected chi connectivity index (χ2v) is 6.81. The van der Waals surface area contributed by atoms with Gasteiger partial charge in [0.2, 0.25) is 0 Å². The van der Waals surface area contributed by atoms with Crippen LogP contribution in [0.4, 0.5) is 5.82 Å². The quantitative estimate of drug-likeness (QED) is 0.423. The molecule has 146 valence electrons. The molecule has 0 bridgehead atoms. The van der Waals surface area contributed by atoms with Crippen molar-refractivity contribution in [2.45, 2.75) is 6.42 Å². The Morgan fingerprint density at radius 2 is 2.07 bits per heavy atom. The average Bonchev–Trinajstić information content (AvgIpc) is 3.19. The topological polar surface area (TPSA) is 123 Å². The Hall–Kier alpha value is -3.66. The van der Waals surface area contributed by atoms with Crippen molar-refractivity contribution in [2.75, 3.05) is 18.5 Å². The molecule has 9 nitrogen and oxygen atoms in total. The van der Waals surface area contributed by atoms with E-state index in [-0.39, 0.29) is 5.69 Å². The lowest BCUT2D eigenvalue weighted by Crippen LogP contribution is -2.09. The molecule has 29 heavy (non-hydrogen) atoms. The minimum atomic E-state index is -1.06. The summed E-state index contributed by atoms with van der Waals surface area (Å²) in [5, 5.41) is 15.1. The highest BCUT2D eigenvalue weighted by Crippen LogP contribution is 2.35. The minimum absolute atomic E-state index is 0.0125. The van der Waals surface area contributed by atoms with Crippen LogP contribution in [0.25, 0.3) is 21.5 Å². The molecule has 0 aliphatic carbocycles. The van der Waals surface area contributed by atoms with Gasteiger partial charge >= 0.3 is 5.97 Å². The molecule has 4 heterocycles. The van der Waals surface area contributed by atoms with Crippen molar-refractivity contribution in [1.82, 2.24) is 24.9 Å². The number of aromatic carboxylic acids is 1. The fraction of sp³-hybridized carbons (Fsp3) is 0.158. The Morgan fingerprint density at radius 3 is 2.83 bits per heavy atom. The molecule has 0 radical (unpaired) electrons. The van der Waals surface area contributed by atoms with Gasteiger partial charge in [-0.15, -0.1) is 11.3 Å². The lowest BCUT2D eigenvalue weighted by atomic mass is 10.2. The monoisotopic (exact) mass is 408 g/mol. The Morgan fingerprint density at radius 1 is 1.14 bits per heavy atom. The van der Waals surface area contributed by atoms with Gasteiger partial charge in [0.1, 0.15) is 28.4 Å². The first-order valence-corrected chi connectivity index (χ1v) is 9.65. The number of hydrogen-bond acceptors (Lipinski definition) is 9. The number of carboxylic acid groups (broad SMARTS) is 1. The van der Waals surface area contributed by atoms with E-state index in [2.05, 4.69) is 30.2 Å². The smallest absolute Gasteiger partial charge is 0.354 e. The zero-order chi connectivity index (χ0) is 20.1. The second kappa shape index (κ2) is 8.57. The van der Waals surface area contributed by atoms with E-state index >= 15 is 0 Å². The first-order chi connectivity index (χ1) is 14.2. The number of ether oxygens (including phenoxy) is 1. The number of hydrogen-bond donors (Lipinski definition) is 2. The number of pyridine rings is 1. The van der Waals surface area contributed by atoms with Crippen LogP contribution in [0, 0.1) is 0 Å². The van der Waals surface area contributed by atoms with Gasteiger partial charge in [-0.1, -0.05) is 0 Å². The van der Waals surface area contributed by atoms with E-state index in [0.717, 1.165) is 33.7 Å². The maximum Gasteiger partial charge on any atom is 0.354 e. The third-order valence-corrected chi connectivity index (χ3v) is 4.93. The summed E-state index contributed by atoms with van der Waals surface area (Å²) in [5.41, 5.74) is 1.71.